The third-order valence-electron chi connectivity index (χ3n) is 3.78. The number of amides is 2. The number of nitrogens with one attached hydrogen (secondary N) is 2. The quantitative estimate of drug-likeness (QED) is 0.686. The molecule has 2 rings (SSSR count). The van der Waals surface area contributed by atoms with Gasteiger partial charge in [0.15, 0.2) is 0 Å². The minimum absolute atomic E-state index is 0.0406. The normalized spacial score (nSPS) is 12.2. The predicted octanol–water partition coefficient (Wildman–Crippen LogP) is 2.04. The van der Waals surface area contributed by atoms with Gasteiger partial charge in [-0.2, -0.15) is 0 Å². The first kappa shape index (κ1) is 19.5. The maximum atomic E-state index is 12.6. The molecule has 8 heteroatoms. The van der Waals surface area contributed by atoms with Crippen molar-refractivity contribution in [3.8, 4) is 0 Å². The minimum atomic E-state index is -3.56. The van der Waals surface area contributed by atoms with E-state index in [1.807, 2.05) is 37.3 Å². The van der Waals surface area contributed by atoms with Crippen LogP contribution in [0, 0.1) is 0 Å². The van der Waals surface area contributed by atoms with E-state index < -0.39 is 21.8 Å². The summed E-state index contributed by atoms with van der Waals surface area (Å²) in [4.78, 5) is 24.1. The van der Waals surface area contributed by atoms with Gasteiger partial charge in [0, 0.05) is 11.1 Å². The number of benzene rings is 2. The summed E-state index contributed by atoms with van der Waals surface area (Å²) in [5.74, 6) is -1.34. The molecule has 0 bridgehead atoms. The Morgan fingerprint density at radius 1 is 1.08 bits per heavy atom. The van der Waals surface area contributed by atoms with Gasteiger partial charge in [-0.3, -0.25) is 14.3 Å². The smallest absolute Gasteiger partial charge is 0.251 e. The van der Waals surface area contributed by atoms with E-state index in [1.165, 1.54) is 25.1 Å². The second-order valence-electron chi connectivity index (χ2n) is 5.77. The Morgan fingerprint density at radius 2 is 1.69 bits per heavy atom. The van der Waals surface area contributed by atoms with Crippen LogP contribution in [0.15, 0.2) is 48.5 Å². The molecule has 4 N–H and O–H groups in total. The van der Waals surface area contributed by atoms with E-state index in [-0.39, 0.29) is 28.6 Å². The fourth-order valence-electron chi connectivity index (χ4n) is 2.32. The Labute approximate surface area is 152 Å². The van der Waals surface area contributed by atoms with E-state index in [0.29, 0.717) is 0 Å². The van der Waals surface area contributed by atoms with Gasteiger partial charge >= 0.3 is 0 Å². The Kier molecular flexibility index (Phi) is 5.99. The van der Waals surface area contributed by atoms with Crippen LogP contribution < -0.4 is 15.8 Å². The van der Waals surface area contributed by atoms with Crippen molar-refractivity contribution in [2.75, 3.05) is 10.5 Å². The van der Waals surface area contributed by atoms with Crippen molar-refractivity contribution in [2.24, 2.45) is 5.73 Å². The third kappa shape index (κ3) is 5.06. The van der Waals surface area contributed by atoms with Crippen molar-refractivity contribution >= 4 is 27.5 Å². The number of hydrogen-bond acceptors (Lipinski definition) is 4. The molecular weight excluding hydrogens is 354 g/mol. The van der Waals surface area contributed by atoms with E-state index in [4.69, 9.17) is 5.73 Å². The summed E-state index contributed by atoms with van der Waals surface area (Å²) in [6, 6.07) is 13.1. The lowest BCUT2D eigenvalue weighted by molar-refractivity contribution is 0.0940. The van der Waals surface area contributed by atoms with Crippen LogP contribution in [-0.2, 0) is 10.0 Å². The molecule has 0 unspecified atom stereocenters. The summed E-state index contributed by atoms with van der Waals surface area (Å²) in [6.07, 6.45) is 0. The Hall–Kier alpha value is -2.87. The molecule has 0 aromatic heterocycles. The molecule has 2 aromatic rings. The summed E-state index contributed by atoms with van der Waals surface area (Å²) < 4.78 is 25.9. The van der Waals surface area contributed by atoms with E-state index in [9.17, 15) is 18.0 Å². The Balaban J connectivity index is 2.30. The first-order valence-electron chi connectivity index (χ1n) is 8.03. The zero-order chi connectivity index (χ0) is 19.3. The third-order valence-corrected chi connectivity index (χ3v) is 5.09. The van der Waals surface area contributed by atoms with Gasteiger partial charge in [0.25, 0.3) is 5.91 Å². The van der Waals surface area contributed by atoms with Crippen LogP contribution in [0.25, 0.3) is 0 Å². The highest BCUT2D eigenvalue weighted by Crippen LogP contribution is 2.18. The molecule has 2 aromatic carbocycles. The number of carbonyl (C=O) groups excluding carboxylic acids is 2. The summed E-state index contributed by atoms with van der Waals surface area (Å²) in [5.41, 5.74) is 6.50. The van der Waals surface area contributed by atoms with Crippen LogP contribution in [0.2, 0.25) is 0 Å². The summed E-state index contributed by atoms with van der Waals surface area (Å²) in [5, 5.41) is 2.81. The lowest BCUT2D eigenvalue weighted by atomic mass is 10.1. The topological polar surface area (TPSA) is 118 Å². The molecule has 138 valence electrons. The fraction of sp³-hybridized carbons (Fsp3) is 0.222. The average molecular weight is 375 g/mol. The molecular formula is C18H21N3O4S. The molecule has 0 aliphatic heterocycles. The molecule has 0 saturated heterocycles. The van der Waals surface area contributed by atoms with Gasteiger partial charge in [0.1, 0.15) is 0 Å². The number of sulfonamides is 1. The standard InChI is InChI=1S/C18H21N3O4S/c1-3-26(24,25)21-16-10-14(17(19)22)9-15(11-16)18(23)20-12(2)13-7-5-4-6-8-13/h4-12,21H,3H2,1-2H3,(H2,19,22)(H,20,23)/t12-/m1/s1. The summed E-state index contributed by atoms with van der Waals surface area (Å²) in [7, 11) is -3.56. The highest BCUT2D eigenvalue weighted by atomic mass is 32.2. The zero-order valence-electron chi connectivity index (χ0n) is 14.5. The lowest BCUT2D eigenvalue weighted by Gasteiger charge is -2.15. The first-order chi connectivity index (χ1) is 12.2. The van der Waals surface area contributed by atoms with Crippen LogP contribution in [-0.4, -0.2) is 26.0 Å². The van der Waals surface area contributed by atoms with Crippen molar-refractivity contribution in [3.63, 3.8) is 0 Å². The highest BCUT2D eigenvalue weighted by Gasteiger charge is 2.16. The number of carbonyl (C=O) groups is 2. The van der Waals surface area contributed by atoms with Crippen LogP contribution in [0.5, 0.6) is 0 Å². The molecule has 7 nitrogen and oxygen atoms in total. The van der Waals surface area contributed by atoms with Gasteiger partial charge in [-0.05, 0) is 37.6 Å². The first-order valence-corrected chi connectivity index (χ1v) is 9.68. The molecule has 0 heterocycles. The lowest BCUT2D eigenvalue weighted by Crippen LogP contribution is -2.27. The molecule has 1 atom stereocenters. The van der Waals surface area contributed by atoms with Crippen molar-refractivity contribution < 1.29 is 18.0 Å². The van der Waals surface area contributed by atoms with E-state index >= 15 is 0 Å². The van der Waals surface area contributed by atoms with Crippen LogP contribution in [0.4, 0.5) is 5.69 Å². The number of rotatable bonds is 7. The average Bonchev–Trinajstić information content (AvgIpc) is 2.61. The van der Waals surface area contributed by atoms with Gasteiger partial charge in [-0.25, -0.2) is 8.42 Å². The summed E-state index contributed by atoms with van der Waals surface area (Å²) in [6.45, 7) is 3.31. The van der Waals surface area contributed by atoms with Gasteiger partial charge < -0.3 is 11.1 Å². The molecule has 0 aliphatic carbocycles. The monoisotopic (exact) mass is 375 g/mol. The fourth-order valence-corrected chi connectivity index (χ4v) is 2.94. The predicted molar refractivity (Wildman–Crippen MR) is 100 cm³/mol. The van der Waals surface area contributed by atoms with Crippen molar-refractivity contribution in [1.29, 1.82) is 0 Å². The second-order valence-corrected chi connectivity index (χ2v) is 7.79. The van der Waals surface area contributed by atoms with Crippen molar-refractivity contribution in [3.05, 3.63) is 65.2 Å². The summed E-state index contributed by atoms with van der Waals surface area (Å²) >= 11 is 0. The maximum Gasteiger partial charge on any atom is 0.251 e. The second kappa shape index (κ2) is 8.01. The number of hydrogen-bond donors (Lipinski definition) is 3. The SMILES string of the molecule is CCS(=O)(=O)Nc1cc(C(N)=O)cc(C(=O)N[C@H](C)c2ccccc2)c1. The van der Waals surface area contributed by atoms with Crippen LogP contribution in [0.1, 0.15) is 46.2 Å². The van der Waals surface area contributed by atoms with Gasteiger partial charge in [0.2, 0.25) is 15.9 Å². The molecule has 0 fully saturated rings. The van der Waals surface area contributed by atoms with Gasteiger partial charge in [-0.15, -0.1) is 0 Å². The number of nitrogens with two attached hydrogens (primary N) is 1. The zero-order valence-corrected chi connectivity index (χ0v) is 15.3. The molecule has 26 heavy (non-hydrogen) atoms. The van der Waals surface area contributed by atoms with E-state index in [2.05, 4.69) is 10.0 Å². The van der Waals surface area contributed by atoms with Crippen LogP contribution >= 0.6 is 0 Å². The molecule has 0 aliphatic rings. The van der Waals surface area contributed by atoms with Gasteiger partial charge in [-0.1, -0.05) is 30.3 Å². The van der Waals surface area contributed by atoms with Crippen LogP contribution in [0.3, 0.4) is 0 Å². The molecule has 2 amide bonds. The van der Waals surface area contributed by atoms with E-state index in [0.717, 1.165) is 5.56 Å². The maximum absolute atomic E-state index is 12.6. The Morgan fingerprint density at radius 3 is 2.27 bits per heavy atom. The number of primary amides is 1. The molecule has 0 saturated carbocycles. The molecule has 0 radical (unpaired) electrons. The largest absolute Gasteiger partial charge is 0.366 e. The van der Waals surface area contributed by atoms with Crippen molar-refractivity contribution in [1.82, 2.24) is 5.32 Å². The highest BCUT2D eigenvalue weighted by molar-refractivity contribution is 7.92. The number of anilines is 1. The minimum Gasteiger partial charge on any atom is -0.366 e. The van der Waals surface area contributed by atoms with Crippen molar-refractivity contribution in [2.45, 2.75) is 19.9 Å². The Bertz CT molecular complexity index is 911. The molecule has 0 spiro atoms. The van der Waals surface area contributed by atoms with Gasteiger partial charge in [0.05, 0.1) is 17.5 Å². The van der Waals surface area contributed by atoms with E-state index in [1.54, 1.807) is 0 Å².